The molecule has 2 heterocycles. The summed E-state index contributed by atoms with van der Waals surface area (Å²) in [6, 6.07) is 2.55. The van der Waals surface area contributed by atoms with Gasteiger partial charge in [-0.05, 0) is 31.0 Å². The largest absolute Gasteiger partial charge is 0.379 e. The first-order chi connectivity index (χ1) is 8.75. The Kier molecular flexibility index (Phi) is 5.11. The fourth-order valence-corrected chi connectivity index (χ4v) is 2.20. The van der Waals surface area contributed by atoms with Crippen LogP contribution in [0.1, 0.15) is 18.1 Å². The molecular formula is C14H23N3O. The summed E-state index contributed by atoms with van der Waals surface area (Å²) >= 11 is 0. The van der Waals surface area contributed by atoms with Crippen LogP contribution in [0.5, 0.6) is 0 Å². The summed E-state index contributed by atoms with van der Waals surface area (Å²) in [5, 5.41) is 3.56. The number of ether oxygens (including phenoxy) is 1. The van der Waals surface area contributed by atoms with Crippen molar-refractivity contribution < 1.29 is 4.74 Å². The zero-order valence-corrected chi connectivity index (χ0v) is 11.4. The SMILES string of the molecule is Cc1ccncc1CNC(C)CN1CCOCC1. The summed E-state index contributed by atoms with van der Waals surface area (Å²) in [5.74, 6) is 0. The third-order valence-electron chi connectivity index (χ3n) is 3.42. The minimum absolute atomic E-state index is 0.489. The molecule has 0 bridgehead atoms. The van der Waals surface area contributed by atoms with Crippen LogP contribution in [0.15, 0.2) is 18.5 Å². The van der Waals surface area contributed by atoms with E-state index in [1.807, 2.05) is 12.4 Å². The first-order valence-corrected chi connectivity index (χ1v) is 6.68. The van der Waals surface area contributed by atoms with Crippen molar-refractivity contribution in [2.45, 2.75) is 26.4 Å². The Morgan fingerprint density at radius 2 is 2.22 bits per heavy atom. The topological polar surface area (TPSA) is 37.4 Å². The molecule has 0 amide bonds. The molecule has 1 aromatic heterocycles. The van der Waals surface area contributed by atoms with Crippen LogP contribution in [0.2, 0.25) is 0 Å². The Hall–Kier alpha value is -0.970. The number of nitrogens with one attached hydrogen (secondary N) is 1. The summed E-state index contributed by atoms with van der Waals surface area (Å²) < 4.78 is 5.36. The lowest BCUT2D eigenvalue weighted by Crippen LogP contribution is -2.44. The summed E-state index contributed by atoms with van der Waals surface area (Å²) in [5.41, 5.74) is 2.59. The van der Waals surface area contributed by atoms with Crippen LogP contribution in [0.3, 0.4) is 0 Å². The first kappa shape index (κ1) is 13.5. The van der Waals surface area contributed by atoms with Crippen LogP contribution < -0.4 is 5.32 Å². The second-order valence-corrected chi connectivity index (χ2v) is 5.00. The van der Waals surface area contributed by atoms with E-state index in [-0.39, 0.29) is 0 Å². The zero-order chi connectivity index (χ0) is 12.8. The number of hydrogen-bond donors (Lipinski definition) is 1. The fourth-order valence-electron chi connectivity index (χ4n) is 2.20. The van der Waals surface area contributed by atoms with E-state index in [1.54, 1.807) is 0 Å². The van der Waals surface area contributed by atoms with Crippen molar-refractivity contribution >= 4 is 0 Å². The second kappa shape index (κ2) is 6.83. The van der Waals surface area contributed by atoms with E-state index in [4.69, 9.17) is 4.74 Å². The zero-order valence-electron chi connectivity index (χ0n) is 11.4. The molecule has 1 atom stereocenters. The van der Waals surface area contributed by atoms with Crippen LogP contribution in [0.4, 0.5) is 0 Å². The second-order valence-electron chi connectivity index (χ2n) is 5.00. The predicted octanol–water partition coefficient (Wildman–Crippen LogP) is 1.20. The molecule has 100 valence electrons. The summed E-state index contributed by atoms with van der Waals surface area (Å²) in [4.78, 5) is 6.63. The van der Waals surface area contributed by atoms with Gasteiger partial charge in [0.25, 0.3) is 0 Å². The van der Waals surface area contributed by atoms with E-state index in [0.29, 0.717) is 6.04 Å². The molecule has 0 spiro atoms. The van der Waals surface area contributed by atoms with Gasteiger partial charge in [-0.2, -0.15) is 0 Å². The minimum atomic E-state index is 0.489. The Bertz CT molecular complexity index is 364. The number of morpholine rings is 1. The van der Waals surface area contributed by atoms with Gasteiger partial charge in [-0.3, -0.25) is 9.88 Å². The van der Waals surface area contributed by atoms with Crippen LogP contribution >= 0.6 is 0 Å². The third-order valence-corrected chi connectivity index (χ3v) is 3.42. The fraction of sp³-hybridized carbons (Fsp3) is 0.643. The van der Waals surface area contributed by atoms with Gasteiger partial charge in [0, 0.05) is 44.6 Å². The molecule has 1 aromatic rings. The molecule has 4 nitrogen and oxygen atoms in total. The first-order valence-electron chi connectivity index (χ1n) is 6.68. The maximum Gasteiger partial charge on any atom is 0.0594 e. The average Bonchev–Trinajstić information content (AvgIpc) is 2.39. The van der Waals surface area contributed by atoms with Gasteiger partial charge in [0.15, 0.2) is 0 Å². The Labute approximate surface area is 109 Å². The number of rotatable bonds is 5. The lowest BCUT2D eigenvalue weighted by atomic mass is 10.1. The highest BCUT2D eigenvalue weighted by atomic mass is 16.5. The normalized spacial score (nSPS) is 18.8. The van der Waals surface area contributed by atoms with E-state index in [9.17, 15) is 0 Å². The molecule has 0 saturated carbocycles. The number of aryl methyl sites for hydroxylation is 1. The van der Waals surface area contributed by atoms with Crippen molar-refractivity contribution in [2.24, 2.45) is 0 Å². The van der Waals surface area contributed by atoms with Crippen molar-refractivity contribution in [3.05, 3.63) is 29.6 Å². The molecule has 0 radical (unpaired) electrons. The van der Waals surface area contributed by atoms with Gasteiger partial charge >= 0.3 is 0 Å². The van der Waals surface area contributed by atoms with Crippen LogP contribution in [0.25, 0.3) is 0 Å². The van der Waals surface area contributed by atoms with E-state index in [2.05, 4.69) is 35.1 Å². The van der Waals surface area contributed by atoms with E-state index < -0.39 is 0 Å². The molecule has 4 heteroatoms. The molecule has 1 aliphatic heterocycles. The Morgan fingerprint density at radius 1 is 1.44 bits per heavy atom. The summed E-state index contributed by atoms with van der Waals surface area (Å²) in [6.45, 7) is 10.2. The van der Waals surface area contributed by atoms with Gasteiger partial charge in [0.1, 0.15) is 0 Å². The Morgan fingerprint density at radius 3 is 2.94 bits per heavy atom. The molecule has 1 fully saturated rings. The van der Waals surface area contributed by atoms with Crippen molar-refractivity contribution in [2.75, 3.05) is 32.8 Å². The number of hydrogen-bond acceptors (Lipinski definition) is 4. The van der Waals surface area contributed by atoms with Gasteiger partial charge in [-0.1, -0.05) is 0 Å². The maximum atomic E-state index is 5.36. The third kappa shape index (κ3) is 4.05. The number of aromatic nitrogens is 1. The van der Waals surface area contributed by atoms with E-state index in [1.165, 1.54) is 11.1 Å². The molecule has 1 aliphatic rings. The van der Waals surface area contributed by atoms with Crippen molar-refractivity contribution in [3.8, 4) is 0 Å². The number of nitrogens with zero attached hydrogens (tertiary/aromatic N) is 2. The molecule has 0 aliphatic carbocycles. The molecule has 1 N–H and O–H groups in total. The highest BCUT2D eigenvalue weighted by Gasteiger charge is 2.13. The number of pyridine rings is 1. The summed E-state index contributed by atoms with van der Waals surface area (Å²) in [7, 11) is 0. The highest BCUT2D eigenvalue weighted by molar-refractivity contribution is 5.21. The molecule has 0 aromatic carbocycles. The van der Waals surface area contributed by atoms with Crippen LogP contribution in [-0.2, 0) is 11.3 Å². The monoisotopic (exact) mass is 249 g/mol. The Balaban J connectivity index is 1.74. The van der Waals surface area contributed by atoms with Gasteiger partial charge in [-0.25, -0.2) is 0 Å². The molecular weight excluding hydrogens is 226 g/mol. The van der Waals surface area contributed by atoms with Gasteiger partial charge < -0.3 is 10.1 Å². The van der Waals surface area contributed by atoms with Gasteiger partial charge in [-0.15, -0.1) is 0 Å². The van der Waals surface area contributed by atoms with Gasteiger partial charge in [0.05, 0.1) is 13.2 Å². The standard InChI is InChI=1S/C14H23N3O/c1-12-3-4-15-9-14(12)10-16-13(2)11-17-5-7-18-8-6-17/h3-4,9,13,16H,5-8,10-11H2,1-2H3. The summed E-state index contributed by atoms with van der Waals surface area (Å²) in [6.07, 6.45) is 3.79. The predicted molar refractivity (Wildman–Crippen MR) is 72.5 cm³/mol. The van der Waals surface area contributed by atoms with Crippen molar-refractivity contribution in [1.82, 2.24) is 15.2 Å². The molecule has 1 unspecified atom stereocenters. The quantitative estimate of drug-likeness (QED) is 0.851. The molecule has 2 rings (SSSR count). The maximum absolute atomic E-state index is 5.36. The lowest BCUT2D eigenvalue weighted by Gasteiger charge is -2.29. The lowest BCUT2D eigenvalue weighted by molar-refractivity contribution is 0.0343. The molecule has 1 saturated heterocycles. The smallest absolute Gasteiger partial charge is 0.0594 e. The van der Waals surface area contributed by atoms with Gasteiger partial charge in [0.2, 0.25) is 0 Å². The van der Waals surface area contributed by atoms with Crippen LogP contribution in [-0.4, -0.2) is 48.8 Å². The van der Waals surface area contributed by atoms with E-state index in [0.717, 1.165) is 39.4 Å². The average molecular weight is 249 g/mol. The minimum Gasteiger partial charge on any atom is -0.379 e. The van der Waals surface area contributed by atoms with Crippen molar-refractivity contribution in [1.29, 1.82) is 0 Å². The van der Waals surface area contributed by atoms with Crippen LogP contribution in [0, 0.1) is 6.92 Å². The highest BCUT2D eigenvalue weighted by Crippen LogP contribution is 2.05. The van der Waals surface area contributed by atoms with Crippen molar-refractivity contribution in [3.63, 3.8) is 0 Å². The molecule has 18 heavy (non-hydrogen) atoms. The van der Waals surface area contributed by atoms with E-state index >= 15 is 0 Å².